The van der Waals surface area contributed by atoms with Gasteiger partial charge in [-0.3, -0.25) is 14.4 Å². The maximum absolute atomic E-state index is 12.0. The number of rotatable bonds is 10. The van der Waals surface area contributed by atoms with Gasteiger partial charge >= 0.3 is 5.97 Å². The van der Waals surface area contributed by atoms with E-state index in [4.69, 9.17) is 0 Å². The summed E-state index contributed by atoms with van der Waals surface area (Å²) in [6.45, 7) is 2.22. The lowest BCUT2D eigenvalue weighted by atomic mass is 9.98. The van der Waals surface area contributed by atoms with Crippen LogP contribution in [0.5, 0.6) is 0 Å². The fourth-order valence-corrected chi connectivity index (χ4v) is 2.86. The van der Waals surface area contributed by atoms with Crippen LogP contribution in [0.25, 0.3) is 0 Å². The van der Waals surface area contributed by atoms with Crippen molar-refractivity contribution in [1.82, 2.24) is 10.6 Å². The van der Waals surface area contributed by atoms with Gasteiger partial charge < -0.3 is 15.7 Å². The second-order valence-electron chi connectivity index (χ2n) is 6.79. The fraction of sp³-hybridized carbons (Fsp3) is 0.318. The molecule has 2 amide bonds. The third-order valence-electron chi connectivity index (χ3n) is 4.34. The van der Waals surface area contributed by atoms with Gasteiger partial charge in [-0.15, -0.1) is 0 Å². The van der Waals surface area contributed by atoms with Gasteiger partial charge in [0.25, 0.3) is 0 Å². The number of aryl methyl sites for hydroxylation is 1. The molecule has 3 N–H and O–H groups in total. The van der Waals surface area contributed by atoms with E-state index in [1.807, 2.05) is 61.5 Å². The number of hydrogen-bond acceptors (Lipinski definition) is 3. The van der Waals surface area contributed by atoms with Crippen molar-refractivity contribution in [2.45, 2.75) is 26.2 Å². The van der Waals surface area contributed by atoms with E-state index in [2.05, 4.69) is 10.6 Å². The normalized spacial score (nSPS) is 11.5. The van der Waals surface area contributed by atoms with Crippen molar-refractivity contribution in [2.24, 2.45) is 5.92 Å². The summed E-state index contributed by atoms with van der Waals surface area (Å²) in [7, 11) is 0. The first-order valence-electron chi connectivity index (χ1n) is 9.29. The quantitative estimate of drug-likeness (QED) is 0.586. The van der Waals surface area contributed by atoms with E-state index in [1.54, 1.807) is 0 Å². The van der Waals surface area contributed by atoms with Crippen molar-refractivity contribution < 1.29 is 19.5 Å². The number of hydrogen-bond donors (Lipinski definition) is 3. The zero-order valence-electron chi connectivity index (χ0n) is 16.0. The Labute approximate surface area is 165 Å². The summed E-state index contributed by atoms with van der Waals surface area (Å²) in [4.78, 5) is 35.3. The van der Waals surface area contributed by atoms with Crippen molar-refractivity contribution in [3.63, 3.8) is 0 Å². The molecule has 28 heavy (non-hydrogen) atoms. The molecule has 0 fully saturated rings. The number of amides is 2. The number of nitrogens with one attached hydrogen (secondary N) is 2. The highest BCUT2D eigenvalue weighted by Gasteiger charge is 2.19. The van der Waals surface area contributed by atoms with Crippen molar-refractivity contribution in [1.29, 1.82) is 0 Å². The van der Waals surface area contributed by atoms with E-state index in [0.29, 0.717) is 6.42 Å². The Kier molecular flexibility index (Phi) is 8.21. The predicted octanol–water partition coefficient (Wildman–Crippen LogP) is 2.10. The monoisotopic (exact) mass is 382 g/mol. The third-order valence-corrected chi connectivity index (χ3v) is 4.34. The summed E-state index contributed by atoms with van der Waals surface area (Å²) < 4.78 is 0. The number of carboxylic acid groups (broad SMARTS) is 1. The van der Waals surface area contributed by atoms with Crippen molar-refractivity contribution >= 4 is 17.8 Å². The third kappa shape index (κ3) is 7.61. The smallest absolute Gasteiger partial charge is 0.308 e. The summed E-state index contributed by atoms with van der Waals surface area (Å²) in [6.07, 6.45) is 0.725. The van der Waals surface area contributed by atoms with E-state index in [-0.39, 0.29) is 37.7 Å². The molecule has 0 radical (unpaired) electrons. The predicted molar refractivity (Wildman–Crippen MR) is 107 cm³/mol. The minimum Gasteiger partial charge on any atom is -0.481 e. The van der Waals surface area contributed by atoms with E-state index in [9.17, 15) is 19.5 Å². The lowest BCUT2D eigenvalue weighted by Crippen LogP contribution is -2.36. The second-order valence-corrected chi connectivity index (χ2v) is 6.79. The van der Waals surface area contributed by atoms with Crippen molar-refractivity contribution in [2.75, 3.05) is 13.1 Å². The average molecular weight is 382 g/mol. The van der Waals surface area contributed by atoms with Gasteiger partial charge in [0.1, 0.15) is 0 Å². The molecule has 0 bridgehead atoms. The van der Waals surface area contributed by atoms with Crippen LogP contribution in [0.2, 0.25) is 0 Å². The Balaban J connectivity index is 1.71. The molecule has 2 aromatic carbocycles. The van der Waals surface area contributed by atoms with Crippen molar-refractivity contribution in [3.8, 4) is 0 Å². The highest BCUT2D eigenvalue weighted by molar-refractivity contribution is 5.80. The maximum Gasteiger partial charge on any atom is 0.308 e. The standard InChI is InChI=1S/C22H26N2O4/c1-16-6-5-9-18(12-16)13-19(22(27)28)15-24-20(25)10-11-23-21(26)14-17-7-3-2-4-8-17/h2-9,12,19H,10-11,13-15H2,1H3,(H,23,26)(H,24,25)(H,27,28). The Bertz CT molecular complexity index is 805. The molecule has 0 saturated carbocycles. The fourth-order valence-electron chi connectivity index (χ4n) is 2.86. The number of carbonyl (C=O) groups excluding carboxylic acids is 2. The van der Waals surface area contributed by atoms with Gasteiger partial charge in [0.05, 0.1) is 12.3 Å². The Morgan fingerprint density at radius 3 is 2.32 bits per heavy atom. The van der Waals surface area contributed by atoms with Gasteiger partial charge in [0, 0.05) is 19.5 Å². The molecule has 0 aliphatic carbocycles. The summed E-state index contributed by atoms with van der Waals surface area (Å²) in [5.74, 6) is -2.08. The van der Waals surface area contributed by atoms with E-state index in [0.717, 1.165) is 16.7 Å². The van der Waals surface area contributed by atoms with Crippen LogP contribution < -0.4 is 10.6 Å². The highest BCUT2D eigenvalue weighted by atomic mass is 16.4. The minimum absolute atomic E-state index is 0.0556. The van der Waals surface area contributed by atoms with Gasteiger partial charge in [0.2, 0.25) is 11.8 Å². The molecule has 6 nitrogen and oxygen atoms in total. The molecule has 6 heteroatoms. The van der Waals surface area contributed by atoms with Crippen LogP contribution in [0.4, 0.5) is 0 Å². The first kappa shape index (κ1) is 21.2. The number of benzene rings is 2. The van der Waals surface area contributed by atoms with E-state index in [1.165, 1.54) is 0 Å². The molecule has 0 saturated heterocycles. The molecule has 0 heterocycles. The van der Waals surface area contributed by atoms with Crippen LogP contribution in [0.3, 0.4) is 0 Å². The SMILES string of the molecule is Cc1cccc(CC(CNC(=O)CCNC(=O)Cc2ccccc2)C(=O)O)c1. The van der Waals surface area contributed by atoms with E-state index < -0.39 is 11.9 Å². The summed E-state index contributed by atoms with van der Waals surface area (Å²) in [6, 6.07) is 17.0. The van der Waals surface area contributed by atoms with Gasteiger partial charge in [-0.05, 0) is 24.5 Å². The van der Waals surface area contributed by atoms with Crippen LogP contribution in [0.15, 0.2) is 54.6 Å². The van der Waals surface area contributed by atoms with Crippen LogP contribution in [0, 0.1) is 12.8 Å². The van der Waals surface area contributed by atoms with Gasteiger partial charge in [0.15, 0.2) is 0 Å². The maximum atomic E-state index is 12.0. The van der Waals surface area contributed by atoms with Gasteiger partial charge in [-0.1, -0.05) is 60.2 Å². The van der Waals surface area contributed by atoms with Crippen LogP contribution in [-0.4, -0.2) is 36.0 Å². The number of aliphatic carboxylic acids is 1. The highest BCUT2D eigenvalue weighted by Crippen LogP contribution is 2.11. The molecule has 2 rings (SSSR count). The molecule has 2 aromatic rings. The van der Waals surface area contributed by atoms with Gasteiger partial charge in [-0.25, -0.2) is 0 Å². The van der Waals surface area contributed by atoms with Crippen molar-refractivity contribution in [3.05, 3.63) is 71.3 Å². The summed E-state index contributed by atoms with van der Waals surface area (Å²) >= 11 is 0. The lowest BCUT2D eigenvalue weighted by Gasteiger charge is -2.14. The number of carboxylic acids is 1. The molecule has 1 atom stereocenters. The first-order valence-corrected chi connectivity index (χ1v) is 9.29. The van der Waals surface area contributed by atoms with Crippen LogP contribution >= 0.6 is 0 Å². The zero-order chi connectivity index (χ0) is 20.4. The van der Waals surface area contributed by atoms with Gasteiger partial charge in [-0.2, -0.15) is 0 Å². The molecule has 0 aliphatic rings. The Morgan fingerprint density at radius 1 is 0.929 bits per heavy atom. The largest absolute Gasteiger partial charge is 0.481 e. The number of carbonyl (C=O) groups is 3. The minimum atomic E-state index is -0.946. The second kappa shape index (κ2) is 10.9. The Hall–Kier alpha value is -3.15. The zero-order valence-corrected chi connectivity index (χ0v) is 16.0. The summed E-state index contributed by atoms with van der Waals surface area (Å²) in [5, 5.41) is 14.8. The molecule has 0 aliphatic heterocycles. The molecule has 0 aromatic heterocycles. The van der Waals surface area contributed by atoms with Crippen LogP contribution in [0.1, 0.15) is 23.1 Å². The molecule has 0 spiro atoms. The Morgan fingerprint density at radius 2 is 1.64 bits per heavy atom. The molecular formula is C22H26N2O4. The first-order chi connectivity index (χ1) is 13.4. The summed E-state index contributed by atoms with van der Waals surface area (Å²) in [5.41, 5.74) is 2.90. The average Bonchev–Trinajstić information content (AvgIpc) is 2.65. The molecule has 1 unspecified atom stereocenters. The lowest BCUT2D eigenvalue weighted by molar-refractivity contribution is -0.141. The topological polar surface area (TPSA) is 95.5 Å². The molecular weight excluding hydrogens is 356 g/mol. The van der Waals surface area contributed by atoms with Crippen LogP contribution in [-0.2, 0) is 27.2 Å². The van der Waals surface area contributed by atoms with E-state index >= 15 is 0 Å². The molecule has 148 valence electrons.